The number of hydrogen-bond acceptors (Lipinski definition) is 4. The molecule has 1 aromatic heterocycles. The Labute approximate surface area is 157 Å². The van der Waals surface area contributed by atoms with Gasteiger partial charge in [-0.2, -0.15) is 0 Å². The number of halogens is 1. The maximum absolute atomic E-state index is 13.1. The van der Waals surface area contributed by atoms with Gasteiger partial charge in [0, 0.05) is 12.0 Å². The summed E-state index contributed by atoms with van der Waals surface area (Å²) < 4.78 is 24.8. The van der Waals surface area contributed by atoms with E-state index in [9.17, 15) is 14.4 Å². The van der Waals surface area contributed by atoms with Crippen LogP contribution < -0.4 is 14.4 Å². The first-order chi connectivity index (χ1) is 12.6. The van der Waals surface area contributed by atoms with Crippen LogP contribution in [0.1, 0.15) is 38.8 Å². The molecule has 0 saturated heterocycles. The van der Waals surface area contributed by atoms with Crippen LogP contribution in [0, 0.1) is 11.0 Å². The Bertz CT molecular complexity index is 846. The van der Waals surface area contributed by atoms with Crippen LogP contribution in [-0.4, -0.2) is 24.3 Å². The molecule has 0 unspecified atom stereocenters. The van der Waals surface area contributed by atoms with Crippen LogP contribution in [0.25, 0.3) is 0 Å². The summed E-state index contributed by atoms with van der Waals surface area (Å²) in [5, 5.41) is 12.4. The fourth-order valence-corrected chi connectivity index (χ4v) is 2.94. The molecular formula is C20H23FN2O4. The highest BCUT2D eigenvalue weighted by atomic mass is 19.1. The van der Waals surface area contributed by atoms with Crippen molar-refractivity contribution in [1.82, 2.24) is 0 Å². The molecule has 144 valence electrons. The van der Waals surface area contributed by atoms with E-state index in [2.05, 4.69) is 0 Å². The summed E-state index contributed by atoms with van der Waals surface area (Å²) in [6.45, 7) is 7.39. The number of aromatic nitrogens is 1. The van der Waals surface area contributed by atoms with E-state index in [1.807, 2.05) is 6.92 Å². The molecule has 1 aliphatic heterocycles. The second-order valence-electron chi connectivity index (χ2n) is 7.68. The Morgan fingerprint density at radius 1 is 1.33 bits per heavy atom. The lowest BCUT2D eigenvalue weighted by Crippen LogP contribution is -2.50. The molecule has 27 heavy (non-hydrogen) atoms. The third kappa shape index (κ3) is 4.30. The average Bonchev–Trinajstić information content (AvgIpc) is 2.55. The van der Waals surface area contributed by atoms with Crippen molar-refractivity contribution in [2.24, 2.45) is 0 Å². The molecule has 1 aromatic carbocycles. The molecule has 7 heteroatoms. The lowest BCUT2D eigenvalue weighted by molar-refractivity contribution is -0.613. The van der Waals surface area contributed by atoms with Crippen molar-refractivity contribution in [1.29, 1.82) is 0 Å². The second-order valence-corrected chi connectivity index (χ2v) is 7.68. The first-order valence-electron chi connectivity index (χ1n) is 8.79. The summed E-state index contributed by atoms with van der Waals surface area (Å²) in [5.41, 5.74) is 1.25. The van der Waals surface area contributed by atoms with Crippen molar-refractivity contribution >= 4 is 11.8 Å². The molecule has 0 aliphatic carbocycles. The summed E-state index contributed by atoms with van der Waals surface area (Å²) in [4.78, 5) is 14.2. The number of nitrogens with zero attached hydrogens (tertiary/aromatic N) is 2. The number of benzene rings is 1. The Morgan fingerprint density at radius 2 is 2.00 bits per heavy atom. The normalized spacial score (nSPS) is 16.5. The molecule has 6 nitrogen and oxygen atoms in total. The number of carbonyl (C=O) groups is 1. The molecule has 1 aliphatic rings. The van der Waals surface area contributed by atoms with Crippen molar-refractivity contribution in [2.75, 3.05) is 11.5 Å². The Balaban J connectivity index is 1.96. The van der Waals surface area contributed by atoms with Gasteiger partial charge in [-0.1, -0.05) is 12.1 Å². The van der Waals surface area contributed by atoms with Gasteiger partial charge in [0.25, 0.3) is 0 Å². The predicted molar refractivity (Wildman–Crippen MR) is 98.3 cm³/mol. The minimum Gasteiger partial charge on any atom is -0.616 e. The first-order valence-corrected chi connectivity index (χ1v) is 8.79. The fourth-order valence-electron chi connectivity index (χ4n) is 2.94. The van der Waals surface area contributed by atoms with Gasteiger partial charge in [0.05, 0.1) is 6.04 Å². The quantitative estimate of drug-likeness (QED) is 0.595. The number of ether oxygens (including phenoxy) is 2. The topological polar surface area (TPSA) is 65.7 Å². The highest BCUT2D eigenvalue weighted by Crippen LogP contribution is 2.33. The van der Waals surface area contributed by atoms with E-state index in [0.717, 1.165) is 5.56 Å². The molecule has 0 bridgehead atoms. The van der Waals surface area contributed by atoms with Crippen molar-refractivity contribution < 1.29 is 23.4 Å². The Hall–Kier alpha value is -2.83. The van der Waals surface area contributed by atoms with Gasteiger partial charge in [-0.05, 0) is 51.5 Å². The number of hydrogen-bond donors (Lipinski definition) is 0. The number of rotatable bonds is 2. The minimum atomic E-state index is -0.658. The molecule has 3 rings (SSSR count). The lowest BCUT2D eigenvalue weighted by Gasteiger charge is -2.34. The van der Waals surface area contributed by atoms with Crippen molar-refractivity contribution in [3.63, 3.8) is 0 Å². The standard InChI is InChI=1S/C20H23FN2O4/c1-13-12-26-18-17(23(13)19(24)27-20(2,3)4)10-15(11-22(18)25)9-14-5-7-16(21)8-6-14/h5-8,10-11,13H,9,12H2,1-4H3/t13-/m0/s1. The van der Waals surface area contributed by atoms with Gasteiger partial charge >= 0.3 is 12.0 Å². The third-order valence-corrected chi connectivity index (χ3v) is 4.10. The molecule has 1 amide bonds. The molecule has 0 spiro atoms. The zero-order valence-corrected chi connectivity index (χ0v) is 15.9. The smallest absolute Gasteiger partial charge is 0.415 e. The SMILES string of the molecule is C[C@H]1COc2c(cc(Cc3ccc(F)cc3)c[n+]2[O-])N1C(=O)OC(C)(C)C. The number of carbonyl (C=O) groups excluding carboxylic acids is 1. The van der Waals surface area contributed by atoms with Crippen LogP contribution in [-0.2, 0) is 11.2 Å². The van der Waals surface area contributed by atoms with E-state index in [0.29, 0.717) is 22.4 Å². The number of fused-ring (bicyclic) bond motifs is 1. The minimum absolute atomic E-state index is 0.0711. The van der Waals surface area contributed by atoms with Gasteiger partial charge < -0.3 is 14.7 Å². The summed E-state index contributed by atoms with van der Waals surface area (Å²) in [5.74, 6) is -0.247. The van der Waals surface area contributed by atoms with Gasteiger partial charge in [-0.3, -0.25) is 4.90 Å². The number of pyridine rings is 1. The van der Waals surface area contributed by atoms with Crippen molar-refractivity contribution in [2.45, 2.75) is 45.8 Å². The summed E-state index contributed by atoms with van der Waals surface area (Å²) >= 11 is 0. The maximum atomic E-state index is 13.1. The van der Waals surface area contributed by atoms with E-state index < -0.39 is 11.7 Å². The summed E-state index contributed by atoms with van der Waals surface area (Å²) in [7, 11) is 0. The largest absolute Gasteiger partial charge is 0.616 e. The molecular weight excluding hydrogens is 351 g/mol. The zero-order valence-electron chi connectivity index (χ0n) is 15.9. The average molecular weight is 374 g/mol. The van der Waals surface area contributed by atoms with Crippen LogP contribution in [0.4, 0.5) is 14.9 Å². The molecule has 0 radical (unpaired) electrons. The van der Waals surface area contributed by atoms with E-state index in [1.54, 1.807) is 39.0 Å². The van der Waals surface area contributed by atoms with E-state index >= 15 is 0 Å². The predicted octanol–water partition coefficient (Wildman–Crippen LogP) is 3.57. The van der Waals surface area contributed by atoms with Gasteiger partial charge in [0.15, 0.2) is 11.9 Å². The van der Waals surface area contributed by atoms with Gasteiger partial charge in [0.2, 0.25) is 0 Å². The third-order valence-electron chi connectivity index (χ3n) is 4.10. The van der Waals surface area contributed by atoms with E-state index in [4.69, 9.17) is 9.47 Å². The zero-order chi connectivity index (χ0) is 19.8. The van der Waals surface area contributed by atoms with Gasteiger partial charge in [0.1, 0.15) is 18.0 Å². The number of anilines is 1. The highest BCUT2D eigenvalue weighted by Gasteiger charge is 2.37. The first kappa shape index (κ1) is 18.9. The van der Waals surface area contributed by atoms with E-state index in [1.165, 1.54) is 23.2 Å². The summed E-state index contributed by atoms with van der Waals surface area (Å²) in [6, 6.07) is 7.53. The van der Waals surface area contributed by atoms with E-state index in [-0.39, 0.29) is 24.3 Å². The molecule has 0 saturated carbocycles. The van der Waals surface area contributed by atoms with Crippen molar-refractivity contribution in [3.8, 4) is 5.88 Å². The second kappa shape index (κ2) is 7.06. The molecule has 2 aromatic rings. The summed E-state index contributed by atoms with van der Waals surface area (Å²) in [6.07, 6.45) is 1.30. The Kier molecular flexibility index (Phi) is 4.95. The molecule has 1 atom stereocenters. The highest BCUT2D eigenvalue weighted by molar-refractivity contribution is 5.90. The molecule has 2 heterocycles. The van der Waals surface area contributed by atoms with Crippen molar-refractivity contribution in [3.05, 3.63) is 58.7 Å². The van der Waals surface area contributed by atoms with Crippen LogP contribution >= 0.6 is 0 Å². The fraction of sp³-hybridized carbons (Fsp3) is 0.400. The number of amides is 1. The monoisotopic (exact) mass is 374 g/mol. The van der Waals surface area contributed by atoms with Crippen LogP contribution in [0.2, 0.25) is 0 Å². The lowest BCUT2D eigenvalue weighted by atomic mass is 10.1. The molecule has 0 fully saturated rings. The van der Waals surface area contributed by atoms with Crippen LogP contribution in [0.5, 0.6) is 5.88 Å². The van der Waals surface area contributed by atoms with Gasteiger partial charge in [-0.15, -0.1) is 4.73 Å². The Morgan fingerprint density at radius 3 is 2.63 bits per heavy atom. The maximum Gasteiger partial charge on any atom is 0.415 e. The van der Waals surface area contributed by atoms with Crippen LogP contribution in [0.3, 0.4) is 0 Å². The molecule has 0 N–H and O–H groups in total. The van der Waals surface area contributed by atoms with Crippen LogP contribution in [0.15, 0.2) is 36.5 Å². The van der Waals surface area contributed by atoms with Gasteiger partial charge in [-0.25, -0.2) is 9.18 Å².